The van der Waals surface area contributed by atoms with E-state index in [9.17, 15) is 0 Å². The molecule has 21 heavy (non-hydrogen) atoms. The molecule has 4 N–H and O–H groups in total. The fraction of sp³-hybridized carbons (Fsp3) is 0.188. The highest BCUT2D eigenvalue weighted by Crippen LogP contribution is 2.35. The maximum Gasteiger partial charge on any atom is 0.227 e. The summed E-state index contributed by atoms with van der Waals surface area (Å²) in [7, 11) is 0. The molecule has 5 heteroatoms. The lowest BCUT2D eigenvalue weighted by Crippen LogP contribution is -1.93. The van der Waals surface area contributed by atoms with Crippen molar-refractivity contribution in [3.63, 3.8) is 0 Å². The number of nitrogens with zero attached hydrogens (tertiary/aromatic N) is 1. The third kappa shape index (κ3) is 2.17. The number of rotatable bonds is 1. The smallest absolute Gasteiger partial charge is 0.227 e. The lowest BCUT2D eigenvalue weighted by Gasteiger charge is -2.07. The van der Waals surface area contributed by atoms with E-state index in [1.807, 2.05) is 39.0 Å². The fourth-order valence-corrected chi connectivity index (χ4v) is 3.14. The first kappa shape index (κ1) is 13.9. The minimum atomic E-state index is 0.598. The monoisotopic (exact) mass is 345 g/mol. The largest absolute Gasteiger partial charge is 0.436 e. The van der Waals surface area contributed by atoms with Crippen molar-refractivity contribution in [2.75, 3.05) is 11.5 Å². The van der Waals surface area contributed by atoms with Gasteiger partial charge in [0.05, 0.1) is 5.69 Å². The van der Waals surface area contributed by atoms with Gasteiger partial charge in [-0.25, -0.2) is 4.98 Å². The minimum Gasteiger partial charge on any atom is -0.436 e. The van der Waals surface area contributed by atoms with E-state index in [1.165, 1.54) is 0 Å². The highest BCUT2D eigenvalue weighted by atomic mass is 79.9. The molecule has 0 saturated heterocycles. The van der Waals surface area contributed by atoms with Gasteiger partial charge in [-0.3, -0.25) is 0 Å². The number of hydrogen-bond acceptors (Lipinski definition) is 4. The first-order chi connectivity index (χ1) is 9.88. The van der Waals surface area contributed by atoms with E-state index in [1.54, 1.807) is 0 Å². The average molecular weight is 346 g/mol. The number of aromatic nitrogens is 1. The summed E-state index contributed by atoms with van der Waals surface area (Å²) < 4.78 is 6.76. The Morgan fingerprint density at radius 2 is 1.67 bits per heavy atom. The zero-order chi connectivity index (χ0) is 15.3. The van der Waals surface area contributed by atoms with Crippen LogP contribution in [0.5, 0.6) is 0 Å². The second-order valence-corrected chi connectivity index (χ2v) is 6.15. The van der Waals surface area contributed by atoms with Gasteiger partial charge in [0, 0.05) is 21.3 Å². The summed E-state index contributed by atoms with van der Waals surface area (Å²) in [5.41, 5.74) is 18.8. The number of hydrogen-bond donors (Lipinski definition) is 2. The van der Waals surface area contributed by atoms with E-state index in [-0.39, 0.29) is 0 Å². The summed E-state index contributed by atoms with van der Waals surface area (Å²) in [6.07, 6.45) is 0. The Bertz CT molecular complexity index is 845. The van der Waals surface area contributed by atoms with Gasteiger partial charge in [-0.1, -0.05) is 0 Å². The summed E-state index contributed by atoms with van der Waals surface area (Å²) in [6, 6.07) is 5.71. The topological polar surface area (TPSA) is 78.1 Å². The fourth-order valence-electron chi connectivity index (χ4n) is 2.64. The van der Waals surface area contributed by atoms with Crippen LogP contribution in [0.15, 0.2) is 27.1 Å². The summed E-state index contributed by atoms with van der Waals surface area (Å²) >= 11 is 3.44. The van der Waals surface area contributed by atoms with Crippen LogP contribution in [-0.4, -0.2) is 4.98 Å². The number of fused-ring (bicyclic) bond motifs is 1. The molecule has 4 nitrogen and oxygen atoms in total. The number of benzene rings is 2. The van der Waals surface area contributed by atoms with Gasteiger partial charge in [-0.05, 0) is 66.0 Å². The van der Waals surface area contributed by atoms with Crippen molar-refractivity contribution in [2.45, 2.75) is 20.8 Å². The van der Waals surface area contributed by atoms with E-state index < -0.39 is 0 Å². The van der Waals surface area contributed by atoms with Gasteiger partial charge in [-0.15, -0.1) is 0 Å². The van der Waals surface area contributed by atoms with Crippen LogP contribution in [0, 0.1) is 20.8 Å². The van der Waals surface area contributed by atoms with Crippen molar-refractivity contribution in [1.29, 1.82) is 0 Å². The highest BCUT2D eigenvalue weighted by molar-refractivity contribution is 9.10. The summed E-state index contributed by atoms with van der Waals surface area (Å²) in [4.78, 5) is 4.63. The standard InChI is InChI=1S/C16H16BrN3O/c1-7-4-10(18)5-8(2)13(7)16-20-15-9(3)14(19)11(17)6-12(15)21-16/h4-6H,18-19H2,1-3H3. The van der Waals surface area contributed by atoms with Crippen molar-refractivity contribution >= 4 is 38.4 Å². The predicted molar refractivity (Wildman–Crippen MR) is 90.2 cm³/mol. The lowest BCUT2D eigenvalue weighted by atomic mass is 10.0. The average Bonchev–Trinajstić information content (AvgIpc) is 2.78. The molecule has 108 valence electrons. The van der Waals surface area contributed by atoms with Crippen LogP contribution in [0.4, 0.5) is 11.4 Å². The molecule has 0 saturated carbocycles. The molecule has 0 amide bonds. The molecular weight excluding hydrogens is 330 g/mol. The number of nitrogens with two attached hydrogens (primary N) is 2. The first-order valence-electron chi connectivity index (χ1n) is 6.60. The summed E-state index contributed by atoms with van der Waals surface area (Å²) in [5, 5.41) is 0. The van der Waals surface area contributed by atoms with Crippen LogP contribution < -0.4 is 11.5 Å². The van der Waals surface area contributed by atoms with Gasteiger partial charge in [0.25, 0.3) is 0 Å². The van der Waals surface area contributed by atoms with Crippen molar-refractivity contribution < 1.29 is 4.42 Å². The molecule has 0 aliphatic rings. The molecule has 1 heterocycles. The molecule has 3 rings (SSSR count). The van der Waals surface area contributed by atoms with Crippen LogP contribution >= 0.6 is 15.9 Å². The molecule has 3 aromatic rings. The SMILES string of the molecule is Cc1cc(N)cc(C)c1-c1nc2c(C)c(N)c(Br)cc2o1. The maximum absolute atomic E-state index is 6.03. The Morgan fingerprint density at radius 3 is 2.29 bits per heavy atom. The molecule has 0 spiro atoms. The third-order valence-corrected chi connectivity index (χ3v) is 4.35. The Morgan fingerprint density at radius 1 is 1.05 bits per heavy atom. The van der Waals surface area contributed by atoms with Crippen LogP contribution in [-0.2, 0) is 0 Å². The molecular formula is C16H16BrN3O. The Labute approximate surface area is 131 Å². The maximum atomic E-state index is 6.03. The van der Waals surface area contributed by atoms with Gasteiger partial charge < -0.3 is 15.9 Å². The van der Waals surface area contributed by atoms with E-state index in [4.69, 9.17) is 15.9 Å². The van der Waals surface area contributed by atoms with Gasteiger partial charge in [0.15, 0.2) is 5.58 Å². The van der Waals surface area contributed by atoms with Crippen molar-refractivity contribution in [1.82, 2.24) is 4.98 Å². The summed E-state index contributed by atoms with van der Waals surface area (Å²) in [5.74, 6) is 0.598. The quantitative estimate of drug-likeness (QED) is 0.642. The van der Waals surface area contributed by atoms with Gasteiger partial charge in [0.2, 0.25) is 5.89 Å². The molecule has 0 bridgehead atoms. The Kier molecular flexibility index (Phi) is 3.17. The molecule has 0 atom stereocenters. The molecule has 0 fully saturated rings. The number of nitrogen functional groups attached to an aromatic ring is 2. The van der Waals surface area contributed by atoms with Gasteiger partial charge in [0.1, 0.15) is 5.52 Å². The van der Waals surface area contributed by atoms with Crippen LogP contribution in [0.2, 0.25) is 0 Å². The van der Waals surface area contributed by atoms with E-state index in [2.05, 4.69) is 20.9 Å². The molecule has 0 unspecified atom stereocenters. The molecule has 2 aromatic carbocycles. The predicted octanol–water partition coefficient (Wildman–Crippen LogP) is 4.35. The van der Waals surface area contributed by atoms with Gasteiger partial charge in [-0.2, -0.15) is 0 Å². The first-order valence-corrected chi connectivity index (χ1v) is 7.40. The minimum absolute atomic E-state index is 0.598. The molecule has 0 aliphatic heterocycles. The lowest BCUT2D eigenvalue weighted by molar-refractivity contribution is 0.618. The zero-order valence-corrected chi connectivity index (χ0v) is 13.7. The van der Waals surface area contributed by atoms with E-state index >= 15 is 0 Å². The van der Waals surface area contributed by atoms with E-state index in [0.717, 1.165) is 43.5 Å². The number of anilines is 2. The van der Waals surface area contributed by atoms with Crippen molar-refractivity contribution in [2.24, 2.45) is 0 Å². The molecule has 0 aliphatic carbocycles. The van der Waals surface area contributed by atoms with Gasteiger partial charge >= 0.3 is 0 Å². The summed E-state index contributed by atoms with van der Waals surface area (Å²) in [6.45, 7) is 5.95. The Hall–Kier alpha value is -2.01. The van der Waals surface area contributed by atoms with Crippen LogP contribution in [0.25, 0.3) is 22.6 Å². The number of oxazole rings is 1. The molecule has 0 radical (unpaired) electrons. The normalized spacial score (nSPS) is 11.2. The zero-order valence-electron chi connectivity index (χ0n) is 12.1. The van der Waals surface area contributed by atoms with E-state index in [0.29, 0.717) is 11.6 Å². The van der Waals surface area contributed by atoms with Crippen LogP contribution in [0.3, 0.4) is 0 Å². The molecule has 1 aromatic heterocycles. The second kappa shape index (κ2) is 4.77. The second-order valence-electron chi connectivity index (χ2n) is 5.29. The third-order valence-electron chi connectivity index (χ3n) is 3.70. The highest BCUT2D eigenvalue weighted by Gasteiger charge is 2.17. The number of halogens is 1. The van der Waals surface area contributed by atoms with Crippen molar-refractivity contribution in [3.05, 3.63) is 39.4 Å². The Balaban J connectivity index is 2.30. The van der Waals surface area contributed by atoms with Crippen molar-refractivity contribution in [3.8, 4) is 11.5 Å². The number of aryl methyl sites for hydroxylation is 3. The van der Waals surface area contributed by atoms with Crippen LogP contribution in [0.1, 0.15) is 16.7 Å².